The summed E-state index contributed by atoms with van der Waals surface area (Å²) in [5.74, 6) is 0.919. The monoisotopic (exact) mass is 170 g/mol. The lowest BCUT2D eigenvalue weighted by Crippen LogP contribution is -2.40. The fourth-order valence-electron chi connectivity index (χ4n) is 1.93. The van der Waals surface area contributed by atoms with Crippen LogP contribution in [0, 0.1) is 5.92 Å². The molecule has 1 saturated carbocycles. The maximum atomic E-state index is 5.85. The van der Waals surface area contributed by atoms with Crippen LogP contribution in [0.2, 0.25) is 0 Å². The maximum absolute atomic E-state index is 5.85. The average molecular weight is 170 g/mol. The molecule has 1 heterocycles. The van der Waals surface area contributed by atoms with Gasteiger partial charge in [-0.05, 0) is 31.6 Å². The van der Waals surface area contributed by atoms with Gasteiger partial charge in [-0.25, -0.2) is 0 Å². The minimum absolute atomic E-state index is 0.420. The van der Waals surface area contributed by atoms with Crippen molar-refractivity contribution >= 4 is 0 Å². The summed E-state index contributed by atoms with van der Waals surface area (Å²) >= 11 is 0. The summed E-state index contributed by atoms with van der Waals surface area (Å²) in [5.41, 5.74) is 0. The molecular weight excluding hydrogens is 152 g/mol. The second-order valence-electron chi connectivity index (χ2n) is 4.18. The van der Waals surface area contributed by atoms with Gasteiger partial charge in [0.25, 0.3) is 0 Å². The Kier molecular flexibility index (Phi) is 2.66. The van der Waals surface area contributed by atoms with E-state index in [0.29, 0.717) is 12.2 Å². The Bertz CT molecular complexity index is 135. The van der Waals surface area contributed by atoms with Gasteiger partial charge in [0.1, 0.15) is 6.10 Å². The minimum Gasteiger partial charge on any atom is -0.376 e. The summed E-state index contributed by atoms with van der Waals surface area (Å²) in [6.07, 6.45) is 6.17. The maximum Gasteiger partial charge on any atom is 0.104 e. The van der Waals surface area contributed by atoms with E-state index in [1.807, 2.05) is 0 Å². The van der Waals surface area contributed by atoms with E-state index in [0.717, 1.165) is 19.1 Å². The molecular formula is C10H18O2. The Balaban J connectivity index is 1.67. The molecule has 0 amide bonds. The second-order valence-corrected chi connectivity index (χ2v) is 4.18. The fourth-order valence-corrected chi connectivity index (χ4v) is 1.93. The number of hydrogen-bond donors (Lipinski definition) is 0. The molecule has 0 bridgehead atoms. The summed E-state index contributed by atoms with van der Waals surface area (Å²) in [4.78, 5) is 0. The predicted molar refractivity (Wildman–Crippen MR) is 47.1 cm³/mol. The molecule has 1 saturated heterocycles. The van der Waals surface area contributed by atoms with Gasteiger partial charge < -0.3 is 9.47 Å². The molecule has 1 aliphatic heterocycles. The van der Waals surface area contributed by atoms with Gasteiger partial charge in [-0.15, -0.1) is 0 Å². The first-order valence-corrected chi connectivity index (χ1v) is 5.08. The zero-order chi connectivity index (χ0) is 8.39. The highest BCUT2D eigenvalue weighted by atomic mass is 16.6. The third-order valence-corrected chi connectivity index (χ3v) is 2.96. The number of hydrogen-bond acceptors (Lipinski definition) is 2. The fraction of sp³-hybridized carbons (Fsp3) is 1.00. The molecule has 0 atom stereocenters. The van der Waals surface area contributed by atoms with E-state index < -0.39 is 0 Å². The van der Waals surface area contributed by atoms with Crippen molar-refractivity contribution in [2.24, 2.45) is 5.92 Å². The molecule has 2 aliphatic rings. The first kappa shape index (κ1) is 8.52. The molecule has 12 heavy (non-hydrogen) atoms. The molecule has 0 aromatic rings. The third-order valence-electron chi connectivity index (χ3n) is 2.96. The Hall–Kier alpha value is -0.0800. The summed E-state index contributed by atoms with van der Waals surface area (Å²) in [7, 11) is 0. The van der Waals surface area contributed by atoms with Crippen LogP contribution in [0.3, 0.4) is 0 Å². The summed E-state index contributed by atoms with van der Waals surface area (Å²) in [6.45, 7) is 3.99. The molecule has 0 unspecified atom stereocenters. The van der Waals surface area contributed by atoms with Crippen molar-refractivity contribution in [3.63, 3.8) is 0 Å². The zero-order valence-electron chi connectivity index (χ0n) is 7.79. The van der Waals surface area contributed by atoms with Crippen LogP contribution in [0.1, 0.15) is 32.6 Å². The molecule has 2 fully saturated rings. The molecule has 0 spiro atoms. The van der Waals surface area contributed by atoms with Gasteiger partial charge in [0, 0.05) is 0 Å². The average Bonchev–Trinajstić information content (AvgIpc) is 2.00. The van der Waals surface area contributed by atoms with Crippen LogP contribution in [-0.2, 0) is 9.47 Å². The van der Waals surface area contributed by atoms with E-state index in [9.17, 15) is 0 Å². The molecule has 0 aromatic carbocycles. The highest BCUT2D eigenvalue weighted by Gasteiger charge is 2.25. The Morgan fingerprint density at radius 3 is 2.17 bits per heavy atom. The first-order chi connectivity index (χ1) is 5.84. The highest BCUT2D eigenvalue weighted by molar-refractivity contribution is 4.74. The van der Waals surface area contributed by atoms with Crippen LogP contribution in [0.5, 0.6) is 0 Å². The summed E-state index contributed by atoms with van der Waals surface area (Å²) < 4.78 is 10.9. The van der Waals surface area contributed by atoms with E-state index in [2.05, 4.69) is 6.92 Å². The van der Waals surface area contributed by atoms with Crippen molar-refractivity contribution in [1.29, 1.82) is 0 Å². The van der Waals surface area contributed by atoms with Crippen LogP contribution < -0.4 is 0 Å². The van der Waals surface area contributed by atoms with Gasteiger partial charge in [-0.2, -0.15) is 0 Å². The Labute approximate surface area is 74.2 Å². The highest BCUT2D eigenvalue weighted by Crippen LogP contribution is 2.27. The van der Waals surface area contributed by atoms with Crippen LogP contribution in [-0.4, -0.2) is 25.4 Å². The lowest BCUT2D eigenvalue weighted by Gasteiger charge is -2.33. The Morgan fingerprint density at radius 2 is 1.67 bits per heavy atom. The topological polar surface area (TPSA) is 18.5 Å². The van der Waals surface area contributed by atoms with Crippen LogP contribution in [0.25, 0.3) is 0 Å². The number of ether oxygens (including phenoxy) is 2. The smallest absolute Gasteiger partial charge is 0.104 e. The summed E-state index contributed by atoms with van der Waals surface area (Å²) in [5, 5.41) is 0. The SMILES string of the molecule is CC1CCC(OC2COC2)CC1. The largest absolute Gasteiger partial charge is 0.376 e. The van der Waals surface area contributed by atoms with Crippen molar-refractivity contribution in [1.82, 2.24) is 0 Å². The van der Waals surface area contributed by atoms with Crippen LogP contribution >= 0.6 is 0 Å². The van der Waals surface area contributed by atoms with Gasteiger partial charge in [-0.3, -0.25) is 0 Å². The normalized spacial score (nSPS) is 37.8. The van der Waals surface area contributed by atoms with E-state index in [1.54, 1.807) is 0 Å². The number of rotatable bonds is 2. The van der Waals surface area contributed by atoms with E-state index in [-0.39, 0.29) is 0 Å². The molecule has 0 aromatic heterocycles. The van der Waals surface area contributed by atoms with Crippen LogP contribution in [0.15, 0.2) is 0 Å². The molecule has 2 rings (SSSR count). The zero-order valence-corrected chi connectivity index (χ0v) is 7.79. The molecule has 2 heteroatoms. The molecule has 0 radical (unpaired) electrons. The van der Waals surface area contributed by atoms with E-state index >= 15 is 0 Å². The van der Waals surface area contributed by atoms with Crippen molar-refractivity contribution in [3.8, 4) is 0 Å². The van der Waals surface area contributed by atoms with Gasteiger partial charge in [0.2, 0.25) is 0 Å². The van der Waals surface area contributed by atoms with Crippen molar-refractivity contribution in [2.75, 3.05) is 13.2 Å². The third kappa shape index (κ3) is 1.99. The van der Waals surface area contributed by atoms with Gasteiger partial charge in [-0.1, -0.05) is 6.92 Å². The van der Waals surface area contributed by atoms with Crippen molar-refractivity contribution < 1.29 is 9.47 Å². The van der Waals surface area contributed by atoms with Gasteiger partial charge in [0.05, 0.1) is 19.3 Å². The van der Waals surface area contributed by atoms with Crippen LogP contribution in [0.4, 0.5) is 0 Å². The first-order valence-electron chi connectivity index (χ1n) is 5.08. The van der Waals surface area contributed by atoms with E-state index in [4.69, 9.17) is 9.47 Å². The lowest BCUT2D eigenvalue weighted by molar-refractivity contribution is -0.161. The van der Waals surface area contributed by atoms with Gasteiger partial charge in [0.15, 0.2) is 0 Å². The summed E-state index contributed by atoms with van der Waals surface area (Å²) in [6, 6.07) is 0. The minimum atomic E-state index is 0.420. The molecule has 1 aliphatic carbocycles. The molecule has 0 N–H and O–H groups in total. The predicted octanol–water partition coefficient (Wildman–Crippen LogP) is 1.98. The lowest BCUT2D eigenvalue weighted by atomic mass is 9.89. The van der Waals surface area contributed by atoms with Gasteiger partial charge >= 0.3 is 0 Å². The van der Waals surface area contributed by atoms with Crippen molar-refractivity contribution in [3.05, 3.63) is 0 Å². The molecule has 2 nitrogen and oxygen atoms in total. The molecule has 70 valence electrons. The second kappa shape index (κ2) is 3.75. The van der Waals surface area contributed by atoms with Crippen molar-refractivity contribution in [2.45, 2.75) is 44.8 Å². The quantitative estimate of drug-likeness (QED) is 0.631. The standard InChI is InChI=1S/C10H18O2/c1-8-2-4-9(5-3-8)12-10-6-11-7-10/h8-10H,2-7H2,1H3. The Morgan fingerprint density at radius 1 is 1.00 bits per heavy atom. The van der Waals surface area contributed by atoms with E-state index in [1.165, 1.54) is 25.7 Å².